The minimum Gasteiger partial charge on any atom is -0.378 e. The van der Waals surface area contributed by atoms with Crippen molar-refractivity contribution in [2.24, 2.45) is 0 Å². The summed E-state index contributed by atoms with van der Waals surface area (Å²) in [6.45, 7) is 0.914. The summed E-state index contributed by atoms with van der Waals surface area (Å²) in [6, 6.07) is 1.91. The average Bonchev–Trinajstić information content (AvgIpc) is 2.74. The van der Waals surface area contributed by atoms with Crippen LogP contribution in [0.25, 0.3) is 0 Å². The van der Waals surface area contributed by atoms with Crippen LogP contribution in [-0.4, -0.2) is 12.7 Å². The molecule has 0 aliphatic carbocycles. The van der Waals surface area contributed by atoms with Crippen LogP contribution in [0.4, 0.5) is 0 Å². The Balaban J connectivity index is 1.79. The van der Waals surface area contributed by atoms with E-state index in [0.717, 1.165) is 29.3 Å². The van der Waals surface area contributed by atoms with E-state index in [4.69, 9.17) is 27.9 Å². The molecule has 2 rings (SSSR count). The first-order valence-corrected chi connectivity index (χ1v) is 7.45. The highest BCUT2D eigenvalue weighted by atomic mass is 35.5. The maximum absolute atomic E-state index is 6.34. The molecule has 0 saturated carbocycles. The lowest BCUT2D eigenvalue weighted by Gasteiger charge is -2.23. The third kappa shape index (κ3) is 3.36. The molecule has 1 nitrogen and oxygen atoms in total. The van der Waals surface area contributed by atoms with Crippen molar-refractivity contribution in [3.8, 4) is 0 Å². The molecule has 16 heavy (non-hydrogen) atoms. The molecule has 2 atom stereocenters. The maximum Gasteiger partial charge on any atom is 0.0694 e. The first-order chi connectivity index (χ1) is 7.77. The van der Waals surface area contributed by atoms with Crippen LogP contribution in [0.1, 0.15) is 42.4 Å². The van der Waals surface area contributed by atoms with Gasteiger partial charge in [0.05, 0.1) is 16.5 Å². The molecule has 1 aliphatic rings. The second-order valence-corrected chi connectivity index (χ2v) is 6.05. The summed E-state index contributed by atoms with van der Waals surface area (Å²) < 4.78 is 5.69. The van der Waals surface area contributed by atoms with E-state index in [0.29, 0.717) is 6.10 Å². The van der Waals surface area contributed by atoms with Crippen molar-refractivity contribution in [2.45, 2.75) is 43.6 Å². The van der Waals surface area contributed by atoms with Crippen LogP contribution in [0.15, 0.2) is 11.4 Å². The number of thiophene rings is 1. The number of alkyl halides is 1. The van der Waals surface area contributed by atoms with Gasteiger partial charge in [0.1, 0.15) is 0 Å². The predicted molar refractivity (Wildman–Crippen MR) is 70.7 cm³/mol. The fraction of sp³-hybridized carbons (Fsp3) is 0.667. The van der Waals surface area contributed by atoms with Gasteiger partial charge in [-0.15, -0.1) is 22.9 Å². The zero-order valence-electron chi connectivity index (χ0n) is 9.12. The molecule has 0 spiro atoms. The quantitative estimate of drug-likeness (QED) is 0.702. The number of hydrogen-bond donors (Lipinski definition) is 0. The van der Waals surface area contributed by atoms with E-state index in [2.05, 4.69) is 0 Å². The zero-order chi connectivity index (χ0) is 11.4. The van der Waals surface area contributed by atoms with E-state index in [9.17, 15) is 0 Å². The normalized spacial score (nSPS) is 23.2. The Morgan fingerprint density at radius 1 is 1.50 bits per heavy atom. The molecular weight excluding hydrogens is 263 g/mol. The molecule has 0 aromatic carbocycles. The molecule has 1 saturated heterocycles. The van der Waals surface area contributed by atoms with Gasteiger partial charge >= 0.3 is 0 Å². The molecule has 1 aliphatic heterocycles. The van der Waals surface area contributed by atoms with Crippen molar-refractivity contribution < 1.29 is 4.74 Å². The third-order valence-corrected chi connectivity index (χ3v) is 4.98. The Morgan fingerprint density at radius 2 is 2.38 bits per heavy atom. The van der Waals surface area contributed by atoms with Crippen molar-refractivity contribution in [1.29, 1.82) is 0 Å². The molecule has 4 heteroatoms. The minimum atomic E-state index is 0.0398. The lowest BCUT2D eigenvalue weighted by molar-refractivity contribution is 0.0100. The van der Waals surface area contributed by atoms with Crippen molar-refractivity contribution in [3.63, 3.8) is 0 Å². The van der Waals surface area contributed by atoms with E-state index < -0.39 is 0 Å². The van der Waals surface area contributed by atoms with Gasteiger partial charge < -0.3 is 4.74 Å². The van der Waals surface area contributed by atoms with Crippen molar-refractivity contribution in [2.75, 3.05) is 6.61 Å². The van der Waals surface area contributed by atoms with Gasteiger partial charge in [0, 0.05) is 11.5 Å². The molecule has 2 unspecified atom stereocenters. The average molecular weight is 279 g/mol. The van der Waals surface area contributed by atoms with Gasteiger partial charge in [-0.2, -0.15) is 0 Å². The summed E-state index contributed by atoms with van der Waals surface area (Å²) in [5.74, 6) is 0. The largest absolute Gasteiger partial charge is 0.378 e. The van der Waals surface area contributed by atoms with Gasteiger partial charge in [-0.3, -0.25) is 0 Å². The Kier molecular flexibility index (Phi) is 4.96. The Labute approximate surface area is 111 Å². The summed E-state index contributed by atoms with van der Waals surface area (Å²) in [7, 11) is 0. The molecule has 0 amide bonds. The van der Waals surface area contributed by atoms with E-state index in [1.807, 2.05) is 11.4 Å². The molecule has 1 aromatic heterocycles. The van der Waals surface area contributed by atoms with Crippen LogP contribution >= 0.6 is 34.5 Å². The van der Waals surface area contributed by atoms with Crippen LogP contribution in [0.5, 0.6) is 0 Å². The van der Waals surface area contributed by atoms with Gasteiger partial charge in [-0.1, -0.05) is 11.6 Å². The van der Waals surface area contributed by atoms with Crippen LogP contribution in [0.3, 0.4) is 0 Å². The van der Waals surface area contributed by atoms with E-state index >= 15 is 0 Å². The van der Waals surface area contributed by atoms with Crippen molar-refractivity contribution in [3.05, 3.63) is 21.3 Å². The second-order valence-electron chi connectivity index (χ2n) is 4.17. The maximum atomic E-state index is 6.34. The lowest BCUT2D eigenvalue weighted by Crippen LogP contribution is -2.19. The second kappa shape index (κ2) is 6.25. The molecule has 0 N–H and O–H groups in total. The smallest absolute Gasteiger partial charge is 0.0694 e. The minimum absolute atomic E-state index is 0.0398. The summed E-state index contributed by atoms with van der Waals surface area (Å²) in [5, 5.41) is 2.83. The summed E-state index contributed by atoms with van der Waals surface area (Å²) in [5.41, 5.74) is 0. The highest BCUT2D eigenvalue weighted by molar-refractivity contribution is 7.11. The highest BCUT2D eigenvalue weighted by Crippen LogP contribution is 2.36. The first-order valence-electron chi connectivity index (χ1n) is 5.76. The third-order valence-electron chi connectivity index (χ3n) is 2.95. The fourth-order valence-corrected chi connectivity index (χ4v) is 3.68. The van der Waals surface area contributed by atoms with Crippen LogP contribution in [0, 0.1) is 0 Å². The fourth-order valence-electron chi connectivity index (χ4n) is 2.03. The van der Waals surface area contributed by atoms with E-state index in [1.165, 1.54) is 19.3 Å². The van der Waals surface area contributed by atoms with Gasteiger partial charge in [-0.25, -0.2) is 0 Å². The van der Waals surface area contributed by atoms with Crippen molar-refractivity contribution >= 4 is 34.5 Å². The standard InChI is InChI=1S/C12H16Cl2OS/c13-10(12-11(14)6-8-16-12)5-4-9-3-1-2-7-15-9/h6,8-10H,1-5,7H2. The highest BCUT2D eigenvalue weighted by Gasteiger charge is 2.18. The number of rotatable bonds is 4. The Hall–Kier alpha value is 0.240. The van der Waals surface area contributed by atoms with Crippen LogP contribution in [-0.2, 0) is 4.74 Å². The first kappa shape index (κ1) is 12.7. The summed E-state index contributed by atoms with van der Waals surface area (Å²) >= 11 is 14.0. The Morgan fingerprint density at radius 3 is 3.00 bits per heavy atom. The molecule has 1 aromatic rings. The number of halogens is 2. The SMILES string of the molecule is Clc1ccsc1C(Cl)CCC1CCCCO1. The van der Waals surface area contributed by atoms with E-state index in [1.54, 1.807) is 11.3 Å². The number of ether oxygens (including phenoxy) is 1. The van der Waals surface area contributed by atoms with Gasteiger partial charge in [0.15, 0.2) is 0 Å². The molecule has 0 radical (unpaired) electrons. The van der Waals surface area contributed by atoms with E-state index in [-0.39, 0.29) is 5.38 Å². The monoisotopic (exact) mass is 278 g/mol. The zero-order valence-corrected chi connectivity index (χ0v) is 11.5. The van der Waals surface area contributed by atoms with Crippen molar-refractivity contribution in [1.82, 2.24) is 0 Å². The number of hydrogen-bond acceptors (Lipinski definition) is 2. The van der Waals surface area contributed by atoms with Gasteiger partial charge in [0.25, 0.3) is 0 Å². The summed E-state index contributed by atoms with van der Waals surface area (Å²) in [6.07, 6.45) is 6.08. The van der Waals surface area contributed by atoms with Crippen LogP contribution < -0.4 is 0 Å². The molecule has 90 valence electrons. The molecule has 0 bridgehead atoms. The van der Waals surface area contributed by atoms with Gasteiger partial charge in [0.2, 0.25) is 0 Å². The molecular formula is C12H16Cl2OS. The molecule has 1 fully saturated rings. The van der Waals surface area contributed by atoms with Gasteiger partial charge in [-0.05, 0) is 43.6 Å². The predicted octanol–water partition coefficient (Wildman–Crippen LogP) is 5.03. The topological polar surface area (TPSA) is 9.23 Å². The Bertz CT molecular complexity index is 321. The molecule has 2 heterocycles. The summed E-state index contributed by atoms with van der Waals surface area (Å²) in [4.78, 5) is 1.10. The lowest BCUT2D eigenvalue weighted by atomic mass is 10.0. The van der Waals surface area contributed by atoms with Crippen LogP contribution in [0.2, 0.25) is 5.02 Å².